The maximum absolute atomic E-state index is 12.0. The van der Waals surface area contributed by atoms with E-state index in [-0.39, 0.29) is 12.5 Å². The number of nitrogens with two attached hydrogens (primary N) is 1. The Bertz CT molecular complexity index is 418. The molecule has 0 aliphatic heterocycles. The zero-order valence-electron chi connectivity index (χ0n) is 11.2. The minimum atomic E-state index is -0.223. The first-order valence-corrected chi connectivity index (χ1v) is 6.91. The van der Waals surface area contributed by atoms with Crippen LogP contribution < -0.4 is 11.1 Å². The van der Waals surface area contributed by atoms with Crippen LogP contribution >= 0.6 is 11.6 Å². The van der Waals surface area contributed by atoms with Gasteiger partial charge in [-0.05, 0) is 30.9 Å². The maximum atomic E-state index is 12.0. The smallest absolute Gasteiger partial charge is 0.253 e. The summed E-state index contributed by atoms with van der Waals surface area (Å²) < 4.78 is 0. The number of carbonyl (C=O) groups excluding carboxylic acids is 1. The van der Waals surface area contributed by atoms with Gasteiger partial charge in [-0.3, -0.25) is 4.79 Å². The fourth-order valence-electron chi connectivity index (χ4n) is 2.01. The van der Waals surface area contributed by atoms with Crippen molar-refractivity contribution >= 4 is 23.2 Å². The summed E-state index contributed by atoms with van der Waals surface area (Å²) in [5, 5.41) is 12.2. The van der Waals surface area contributed by atoms with Crippen LogP contribution in [-0.2, 0) is 0 Å². The number of halogens is 1. The average Bonchev–Trinajstić information content (AvgIpc) is 2.39. The Labute approximate surface area is 118 Å². The van der Waals surface area contributed by atoms with E-state index < -0.39 is 0 Å². The number of aliphatic hydroxyl groups is 1. The third kappa shape index (κ3) is 4.73. The van der Waals surface area contributed by atoms with Gasteiger partial charge in [0.05, 0.1) is 16.3 Å². The van der Waals surface area contributed by atoms with Crippen molar-refractivity contribution in [1.82, 2.24) is 5.32 Å². The highest BCUT2D eigenvalue weighted by Gasteiger charge is 2.14. The second-order valence-corrected chi connectivity index (χ2v) is 4.99. The second-order valence-electron chi connectivity index (χ2n) is 4.58. The zero-order chi connectivity index (χ0) is 14.3. The monoisotopic (exact) mass is 284 g/mol. The van der Waals surface area contributed by atoms with Gasteiger partial charge < -0.3 is 16.2 Å². The third-order valence-electron chi connectivity index (χ3n) is 3.08. The van der Waals surface area contributed by atoms with Gasteiger partial charge >= 0.3 is 0 Å². The van der Waals surface area contributed by atoms with E-state index in [4.69, 9.17) is 22.4 Å². The molecule has 0 heterocycles. The second kappa shape index (κ2) is 8.02. The summed E-state index contributed by atoms with van der Waals surface area (Å²) >= 11 is 5.88. The number of nitrogens with one attached hydrogen (secondary N) is 1. The number of aliphatic hydroxyl groups excluding tert-OH is 1. The van der Waals surface area contributed by atoms with Crippen molar-refractivity contribution < 1.29 is 9.90 Å². The standard InChI is InChI=1S/C14H21ClN2O2/c1-2-4-10(7-8-18)9-17-14(19)11-5-3-6-12(15)13(11)16/h3,5-6,10,18H,2,4,7-9,16H2,1H3,(H,17,19). The van der Waals surface area contributed by atoms with Gasteiger partial charge in [0, 0.05) is 13.2 Å². The molecule has 0 aromatic heterocycles. The van der Waals surface area contributed by atoms with Crippen LogP contribution in [0.25, 0.3) is 0 Å². The van der Waals surface area contributed by atoms with E-state index >= 15 is 0 Å². The van der Waals surface area contributed by atoms with Crippen molar-refractivity contribution in [2.24, 2.45) is 5.92 Å². The van der Waals surface area contributed by atoms with Crippen molar-refractivity contribution in [3.05, 3.63) is 28.8 Å². The van der Waals surface area contributed by atoms with Gasteiger partial charge in [0.15, 0.2) is 0 Å². The highest BCUT2D eigenvalue weighted by Crippen LogP contribution is 2.22. The van der Waals surface area contributed by atoms with Crippen molar-refractivity contribution in [2.45, 2.75) is 26.2 Å². The van der Waals surface area contributed by atoms with Crippen LogP contribution in [0, 0.1) is 5.92 Å². The van der Waals surface area contributed by atoms with Crippen molar-refractivity contribution in [2.75, 3.05) is 18.9 Å². The number of amides is 1. The van der Waals surface area contributed by atoms with E-state index in [9.17, 15) is 4.79 Å². The molecule has 4 N–H and O–H groups in total. The Morgan fingerprint density at radius 2 is 2.21 bits per heavy atom. The quantitative estimate of drug-likeness (QED) is 0.673. The molecule has 5 heteroatoms. The summed E-state index contributed by atoms with van der Waals surface area (Å²) in [5.74, 6) is 0.0680. The summed E-state index contributed by atoms with van der Waals surface area (Å²) in [6.07, 6.45) is 2.70. The normalized spacial score (nSPS) is 12.2. The Morgan fingerprint density at radius 1 is 1.47 bits per heavy atom. The van der Waals surface area contributed by atoms with Crippen molar-refractivity contribution in [1.29, 1.82) is 0 Å². The molecule has 0 bridgehead atoms. The summed E-state index contributed by atoms with van der Waals surface area (Å²) in [5.41, 5.74) is 6.47. The topological polar surface area (TPSA) is 75.3 Å². The predicted molar refractivity (Wildman–Crippen MR) is 78.3 cm³/mol. The van der Waals surface area contributed by atoms with Gasteiger partial charge in [-0.25, -0.2) is 0 Å². The number of carbonyl (C=O) groups is 1. The molecule has 0 radical (unpaired) electrons. The summed E-state index contributed by atoms with van der Waals surface area (Å²) in [6, 6.07) is 5.00. The minimum absolute atomic E-state index is 0.139. The first-order chi connectivity index (χ1) is 9.10. The third-order valence-corrected chi connectivity index (χ3v) is 3.41. The molecule has 1 amide bonds. The van der Waals surface area contributed by atoms with Crippen LogP contribution in [-0.4, -0.2) is 24.2 Å². The van der Waals surface area contributed by atoms with E-state index in [1.165, 1.54) is 0 Å². The number of benzene rings is 1. The van der Waals surface area contributed by atoms with Gasteiger partial charge in [-0.1, -0.05) is 31.0 Å². The Hall–Kier alpha value is -1.26. The van der Waals surface area contributed by atoms with E-state index in [0.29, 0.717) is 35.2 Å². The van der Waals surface area contributed by atoms with Crippen LogP contribution in [0.15, 0.2) is 18.2 Å². The fourth-order valence-corrected chi connectivity index (χ4v) is 2.18. The SMILES string of the molecule is CCCC(CCO)CNC(=O)c1cccc(Cl)c1N. The molecule has 1 rings (SSSR count). The fraction of sp³-hybridized carbons (Fsp3) is 0.500. The lowest BCUT2D eigenvalue weighted by molar-refractivity contribution is 0.0944. The molecule has 19 heavy (non-hydrogen) atoms. The lowest BCUT2D eigenvalue weighted by atomic mass is 10.00. The van der Waals surface area contributed by atoms with E-state index in [1.807, 2.05) is 0 Å². The molecule has 1 aromatic rings. The van der Waals surface area contributed by atoms with Crippen LogP contribution in [0.3, 0.4) is 0 Å². The summed E-state index contributed by atoms with van der Waals surface area (Å²) in [6.45, 7) is 2.76. The molecule has 0 fully saturated rings. The highest BCUT2D eigenvalue weighted by atomic mass is 35.5. The predicted octanol–water partition coefficient (Wildman–Crippen LogP) is 2.45. The largest absolute Gasteiger partial charge is 0.397 e. The highest BCUT2D eigenvalue weighted by molar-refractivity contribution is 6.33. The van der Waals surface area contributed by atoms with E-state index in [0.717, 1.165) is 12.8 Å². The molecule has 1 atom stereocenters. The van der Waals surface area contributed by atoms with E-state index in [2.05, 4.69) is 12.2 Å². The number of hydrogen-bond donors (Lipinski definition) is 3. The first-order valence-electron chi connectivity index (χ1n) is 6.53. The summed E-state index contributed by atoms with van der Waals surface area (Å²) in [4.78, 5) is 12.0. The van der Waals surface area contributed by atoms with Gasteiger partial charge in [-0.15, -0.1) is 0 Å². The van der Waals surface area contributed by atoms with Crippen molar-refractivity contribution in [3.8, 4) is 0 Å². The lowest BCUT2D eigenvalue weighted by Crippen LogP contribution is -2.30. The van der Waals surface area contributed by atoms with Crippen molar-refractivity contribution in [3.63, 3.8) is 0 Å². The van der Waals surface area contributed by atoms with Crippen LogP contribution in [0.1, 0.15) is 36.5 Å². The molecule has 0 saturated heterocycles. The number of para-hydroxylation sites is 1. The molecule has 1 aromatic carbocycles. The number of rotatable bonds is 7. The molecule has 0 aliphatic rings. The summed E-state index contributed by atoms with van der Waals surface area (Å²) in [7, 11) is 0. The first kappa shape index (κ1) is 15.8. The average molecular weight is 285 g/mol. The van der Waals surface area contributed by atoms with Crippen LogP contribution in [0.4, 0.5) is 5.69 Å². The zero-order valence-corrected chi connectivity index (χ0v) is 11.9. The Morgan fingerprint density at radius 3 is 2.84 bits per heavy atom. The number of anilines is 1. The maximum Gasteiger partial charge on any atom is 0.253 e. The Kier molecular flexibility index (Phi) is 6.67. The van der Waals surface area contributed by atoms with E-state index in [1.54, 1.807) is 18.2 Å². The molecule has 0 aliphatic carbocycles. The van der Waals surface area contributed by atoms with Gasteiger partial charge in [0.25, 0.3) is 5.91 Å². The van der Waals surface area contributed by atoms with Crippen LogP contribution in [0.5, 0.6) is 0 Å². The molecule has 0 spiro atoms. The van der Waals surface area contributed by atoms with Gasteiger partial charge in [-0.2, -0.15) is 0 Å². The van der Waals surface area contributed by atoms with Gasteiger partial charge in [0.2, 0.25) is 0 Å². The molecule has 106 valence electrons. The van der Waals surface area contributed by atoms with Gasteiger partial charge in [0.1, 0.15) is 0 Å². The minimum Gasteiger partial charge on any atom is -0.397 e. The van der Waals surface area contributed by atoms with Crippen LogP contribution in [0.2, 0.25) is 5.02 Å². The number of nitrogen functional groups attached to an aromatic ring is 1. The molecular weight excluding hydrogens is 264 g/mol. The molecule has 1 unspecified atom stereocenters. The lowest BCUT2D eigenvalue weighted by Gasteiger charge is -2.16. The molecule has 4 nitrogen and oxygen atoms in total. The number of hydrogen-bond acceptors (Lipinski definition) is 3. The Balaban J connectivity index is 2.61. The molecule has 0 saturated carbocycles. The molecular formula is C14H21ClN2O2.